The number of anilines is 1. The maximum atomic E-state index is 3.48. The van der Waals surface area contributed by atoms with Crippen LogP contribution in [0.25, 0.3) is 0 Å². The minimum absolute atomic E-state index is 1.16. The van der Waals surface area contributed by atoms with Gasteiger partial charge in [-0.3, -0.25) is 0 Å². The van der Waals surface area contributed by atoms with Gasteiger partial charge in [0.1, 0.15) is 8.07 Å². The molecule has 0 fully saturated rings. The average molecular weight is 414 g/mol. The third-order valence-electron chi connectivity index (χ3n) is 5.38. The van der Waals surface area contributed by atoms with E-state index >= 15 is 0 Å². The normalized spacial score (nSPS) is 11.2. The molecule has 0 radical (unpaired) electrons. The lowest BCUT2D eigenvalue weighted by Gasteiger charge is -2.25. The fourth-order valence-electron chi connectivity index (χ4n) is 3.55. The predicted octanol–water partition coefficient (Wildman–Crippen LogP) is 8.44. The number of unbranched alkanes of at least 4 members (excludes halogenated alkanes) is 10. The zero-order chi connectivity index (χ0) is 21.4. The van der Waals surface area contributed by atoms with E-state index in [0.29, 0.717) is 0 Å². The zero-order valence-electron chi connectivity index (χ0n) is 20.2. The summed E-state index contributed by atoms with van der Waals surface area (Å²) in [6, 6.07) is 9.03. The Kier molecular flexibility index (Phi) is 13.9. The molecule has 1 aromatic carbocycles. The molecule has 1 aromatic rings. The van der Waals surface area contributed by atoms with Crippen molar-refractivity contribution in [1.82, 2.24) is 0 Å². The van der Waals surface area contributed by atoms with Crippen molar-refractivity contribution in [1.29, 1.82) is 0 Å². The van der Waals surface area contributed by atoms with Crippen molar-refractivity contribution in [2.45, 2.75) is 111 Å². The Balaban J connectivity index is 2.59. The second-order valence-corrected chi connectivity index (χ2v) is 14.3. The molecule has 2 heteroatoms. The van der Waals surface area contributed by atoms with Gasteiger partial charge in [0.05, 0.1) is 0 Å². The second kappa shape index (κ2) is 15.6. The minimum atomic E-state index is -1.31. The number of hydrogen-bond acceptors (Lipinski definition) is 1. The van der Waals surface area contributed by atoms with Gasteiger partial charge < -0.3 is 4.90 Å². The third kappa shape index (κ3) is 13.6. The number of rotatable bonds is 15. The van der Waals surface area contributed by atoms with E-state index < -0.39 is 8.07 Å². The van der Waals surface area contributed by atoms with Crippen LogP contribution in [0.15, 0.2) is 24.3 Å². The molecule has 0 spiro atoms. The van der Waals surface area contributed by atoms with Crippen LogP contribution in [0, 0.1) is 11.5 Å². The topological polar surface area (TPSA) is 3.24 Å². The SMILES string of the molecule is CCCCCCCCN(CCCCCCCC)c1ccc(C#C[Si](C)(C)C)cc1. The van der Waals surface area contributed by atoms with Crippen molar-refractivity contribution >= 4 is 13.8 Å². The fraction of sp³-hybridized carbons (Fsp3) is 0.704. The Morgan fingerprint density at radius 3 is 1.55 bits per heavy atom. The van der Waals surface area contributed by atoms with Gasteiger partial charge in [-0.15, -0.1) is 5.54 Å². The van der Waals surface area contributed by atoms with Gasteiger partial charge in [0.2, 0.25) is 0 Å². The van der Waals surface area contributed by atoms with Gasteiger partial charge in [-0.2, -0.15) is 0 Å². The van der Waals surface area contributed by atoms with E-state index in [1.165, 1.54) is 95.8 Å². The van der Waals surface area contributed by atoms with Crippen LogP contribution >= 0.6 is 0 Å². The molecule has 0 amide bonds. The first-order chi connectivity index (χ1) is 14.0. The zero-order valence-corrected chi connectivity index (χ0v) is 21.2. The highest BCUT2D eigenvalue weighted by molar-refractivity contribution is 6.83. The molecular weight excluding hydrogens is 366 g/mol. The van der Waals surface area contributed by atoms with Gasteiger partial charge in [0.25, 0.3) is 0 Å². The number of hydrogen-bond donors (Lipinski definition) is 0. The molecule has 0 heterocycles. The quantitative estimate of drug-likeness (QED) is 0.158. The largest absolute Gasteiger partial charge is 0.372 e. The van der Waals surface area contributed by atoms with Gasteiger partial charge in [0, 0.05) is 24.3 Å². The Morgan fingerprint density at radius 2 is 1.10 bits per heavy atom. The first-order valence-corrected chi connectivity index (χ1v) is 15.8. The molecule has 0 N–H and O–H groups in total. The summed E-state index contributed by atoms with van der Waals surface area (Å²) < 4.78 is 0. The maximum Gasteiger partial charge on any atom is 0.129 e. The van der Waals surface area contributed by atoms with E-state index in [1.807, 2.05) is 0 Å². The maximum absolute atomic E-state index is 3.48. The second-order valence-electron chi connectivity index (χ2n) is 9.57. The molecule has 0 aliphatic carbocycles. The van der Waals surface area contributed by atoms with Crippen molar-refractivity contribution in [3.63, 3.8) is 0 Å². The lowest BCUT2D eigenvalue weighted by Crippen LogP contribution is -2.25. The first kappa shape index (κ1) is 25.8. The third-order valence-corrected chi connectivity index (χ3v) is 6.25. The molecule has 1 nitrogen and oxygen atoms in total. The van der Waals surface area contributed by atoms with Crippen molar-refractivity contribution < 1.29 is 0 Å². The monoisotopic (exact) mass is 413 g/mol. The van der Waals surface area contributed by atoms with Crippen LogP contribution < -0.4 is 4.90 Å². The van der Waals surface area contributed by atoms with Gasteiger partial charge in [-0.1, -0.05) is 104 Å². The van der Waals surface area contributed by atoms with Gasteiger partial charge in [0.15, 0.2) is 0 Å². The Morgan fingerprint density at radius 1 is 0.655 bits per heavy atom. The van der Waals surface area contributed by atoms with Crippen LogP contribution in [0.3, 0.4) is 0 Å². The molecule has 0 saturated carbocycles. The van der Waals surface area contributed by atoms with Gasteiger partial charge in [-0.25, -0.2) is 0 Å². The molecule has 0 aliphatic heterocycles. The summed E-state index contributed by atoms with van der Waals surface area (Å²) >= 11 is 0. The highest BCUT2D eigenvalue weighted by Gasteiger charge is 2.08. The summed E-state index contributed by atoms with van der Waals surface area (Å²) in [5.74, 6) is 3.39. The first-order valence-electron chi connectivity index (χ1n) is 12.3. The molecule has 0 atom stereocenters. The van der Waals surface area contributed by atoms with E-state index in [2.05, 4.69) is 74.1 Å². The number of nitrogens with zero attached hydrogens (tertiary/aromatic N) is 1. The summed E-state index contributed by atoms with van der Waals surface area (Å²) in [6.07, 6.45) is 16.4. The molecule has 164 valence electrons. The van der Waals surface area contributed by atoms with Crippen molar-refractivity contribution in [2.75, 3.05) is 18.0 Å². The molecule has 0 saturated heterocycles. The van der Waals surface area contributed by atoms with E-state index in [-0.39, 0.29) is 0 Å². The molecule has 0 aromatic heterocycles. The van der Waals surface area contributed by atoms with Crippen LogP contribution in [0.4, 0.5) is 5.69 Å². The fourth-order valence-corrected chi connectivity index (χ4v) is 4.07. The number of benzene rings is 1. The lowest BCUT2D eigenvalue weighted by atomic mass is 10.1. The lowest BCUT2D eigenvalue weighted by molar-refractivity contribution is 0.575. The summed E-state index contributed by atoms with van der Waals surface area (Å²) in [6.45, 7) is 13.9. The Bertz CT molecular complexity index is 557. The highest BCUT2D eigenvalue weighted by Crippen LogP contribution is 2.18. The molecule has 0 bridgehead atoms. The Labute approximate surface area is 183 Å². The highest BCUT2D eigenvalue weighted by atomic mass is 28.3. The summed E-state index contributed by atoms with van der Waals surface area (Å²) in [5, 5.41) is 0. The van der Waals surface area contributed by atoms with Crippen molar-refractivity contribution in [3.8, 4) is 11.5 Å². The smallest absolute Gasteiger partial charge is 0.129 e. The molecule has 29 heavy (non-hydrogen) atoms. The molecule has 0 aliphatic rings. The standard InChI is InChI=1S/C27H47NSi/c1-6-8-10-12-14-16-23-28(24-17-15-13-11-9-7-2)27-20-18-26(19-21-27)22-25-29(3,4)5/h18-21H,6-17,23-24H2,1-5H3. The van der Waals surface area contributed by atoms with E-state index in [4.69, 9.17) is 0 Å². The van der Waals surface area contributed by atoms with E-state index in [0.717, 1.165) is 5.56 Å². The van der Waals surface area contributed by atoms with Crippen molar-refractivity contribution in [3.05, 3.63) is 29.8 Å². The predicted molar refractivity (Wildman–Crippen MR) is 136 cm³/mol. The van der Waals surface area contributed by atoms with E-state index in [1.54, 1.807) is 0 Å². The van der Waals surface area contributed by atoms with Crippen LogP contribution in [0.1, 0.15) is 96.5 Å². The van der Waals surface area contributed by atoms with Gasteiger partial charge >= 0.3 is 0 Å². The molecular formula is C27H47NSi. The Hall–Kier alpha value is -1.20. The summed E-state index contributed by atoms with van der Waals surface area (Å²) in [7, 11) is -1.31. The average Bonchev–Trinajstić information content (AvgIpc) is 2.70. The van der Waals surface area contributed by atoms with Crippen LogP contribution in [0.2, 0.25) is 19.6 Å². The van der Waals surface area contributed by atoms with Crippen molar-refractivity contribution in [2.24, 2.45) is 0 Å². The summed E-state index contributed by atoms with van der Waals surface area (Å²) in [5.41, 5.74) is 6.02. The van der Waals surface area contributed by atoms with E-state index in [9.17, 15) is 0 Å². The molecule has 0 unspecified atom stereocenters. The van der Waals surface area contributed by atoms with Gasteiger partial charge in [-0.05, 0) is 37.1 Å². The van der Waals surface area contributed by atoms with Crippen LogP contribution in [0.5, 0.6) is 0 Å². The van der Waals surface area contributed by atoms with Crippen LogP contribution in [-0.4, -0.2) is 21.2 Å². The minimum Gasteiger partial charge on any atom is -0.372 e. The van der Waals surface area contributed by atoms with Crippen LogP contribution in [-0.2, 0) is 0 Å². The molecule has 1 rings (SSSR count). The summed E-state index contributed by atoms with van der Waals surface area (Å²) in [4.78, 5) is 2.62.